The lowest BCUT2D eigenvalue weighted by Crippen LogP contribution is -1.93. The Hall–Kier alpha value is -2.43. The van der Waals surface area contributed by atoms with Crippen LogP contribution in [0.25, 0.3) is 22.4 Å². The Balaban J connectivity index is 2.18. The number of fused-ring (bicyclic) bond motifs is 1. The summed E-state index contributed by atoms with van der Waals surface area (Å²) in [6, 6.07) is 5.70. The van der Waals surface area contributed by atoms with Gasteiger partial charge in [0.25, 0.3) is 0 Å². The number of aryl methyl sites for hydroxylation is 1. The molecule has 18 heavy (non-hydrogen) atoms. The lowest BCUT2D eigenvalue weighted by atomic mass is 10.1. The third kappa shape index (κ3) is 1.69. The molecular weight excluding hydrogens is 230 g/mol. The summed E-state index contributed by atoms with van der Waals surface area (Å²) in [5.74, 6) is 1.14. The first-order valence-corrected chi connectivity index (χ1v) is 5.50. The summed E-state index contributed by atoms with van der Waals surface area (Å²) in [7, 11) is 1.58. The zero-order valence-corrected chi connectivity index (χ0v) is 10.0. The minimum absolute atomic E-state index is 0.497. The van der Waals surface area contributed by atoms with Gasteiger partial charge in [-0.25, -0.2) is 15.0 Å². The Kier molecular flexibility index (Phi) is 2.44. The highest BCUT2D eigenvalue weighted by atomic mass is 16.5. The fraction of sp³-hybridized carbons (Fsp3) is 0.154. The average Bonchev–Trinajstić information content (AvgIpc) is 2.77. The van der Waals surface area contributed by atoms with Crippen LogP contribution in [0.5, 0.6) is 5.88 Å². The van der Waals surface area contributed by atoms with E-state index in [1.54, 1.807) is 19.5 Å². The van der Waals surface area contributed by atoms with Crippen molar-refractivity contribution in [2.24, 2.45) is 0 Å². The smallest absolute Gasteiger partial charge is 0.240 e. The highest BCUT2D eigenvalue weighted by Crippen LogP contribution is 2.28. The summed E-state index contributed by atoms with van der Waals surface area (Å²) in [5.41, 5.74) is 3.17. The summed E-state index contributed by atoms with van der Waals surface area (Å²) in [5, 5.41) is 0. The van der Waals surface area contributed by atoms with Crippen molar-refractivity contribution in [2.45, 2.75) is 6.92 Å². The number of methoxy groups -OCH3 is 1. The molecule has 1 aromatic carbocycles. The van der Waals surface area contributed by atoms with Crippen molar-refractivity contribution in [3.63, 3.8) is 0 Å². The van der Waals surface area contributed by atoms with Crippen LogP contribution in [0.2, 0.25) is 0 Å². The van der Waals surface area contributed by atoms with E-state index in [4.69, 9.17) is 9.15 Å². The maximum absolute atomic E-state index is 5.44. The van der Waals surface area contributed by atoms with Crippen LogP contribution in [0.3, 0.4) is 0 Å². The largest absolute Gasteiger partial charge is 0.479 e. The van der Waals surface area contributed by atoms with E-state index >= 15 is 0 Å². The van der Waals surface area contributed by atoms with E-state index < -0.39 is 0 Å². The molecule has 0 aliphatic rings. The predicted molar refractivity (Wildman–Crippen MR) is 66.3 cm³/mol. The standard InChI is InChI=1S/C13H11N3O2/c1-8-16-10-7-9(3-4-11(10)18-8)12-13(17-2)15-6-5-14-12/h3-7H,1-2H3. The Morgan fingerprint density at radius 2 is 2.00 bits per heavy atom. The fourth-order valence-corrected chi connectivity index (χ4v) is 1.86. The van der Waals surface area contributed by atoms with Crippen molar-refractivity contribution in [1.82, 2.24) is 15.0 Å². The number of rotatable bonds is 2. The molecule has 2 aromatic heterocycles. The monoisotopic (exact) mass is 241 g/mol. The van der Waals surface area contributed by atoms with Crippen molar-refractivity contribution in [3.8, 4) is 17.1 Å². The van der Waals surface area contributed by atoms with E-state index in [1.165, 1.54) is 0 Å². The number of oxazole rings is 1. The average molecular weight is 241 g/mol. The first kappa shape index (κ1) is 10.7. The van der Waals surface area contributed by atoms with Crippen LogP contribution in [0.4, 0.5) is 0 Å². The minimum Gasteiger partial charge on any atom is -0.479 e. The number of aromatic nitrogens is 3. The Bertz CT molecular complexity index is 706. The normalized spacial score (nSPS) is 10.8. The van der Waals surface area contributed by atoms with Gasteiger partial charge in [-0.1, -0.05) is 0 Å². The van der Waals surface area contributed by atoms with Crippen LogP contribution in [0.15, 0.2) is 35.0 Å². The van der Waals surface area contributed by atoms with Crippen LogP contribution in [-0.4, -0.2) is 22.1 Å². The molecule has 0 fully saturated rings. The molecule has 2 heterocycles. The first-order chi connectivity index (χ1) is 8.78. The van der Waals surface area contributed by atoms with Crippen molar-refractivity contribution in [3.05, 3.63) is 36.5 Å². The fourth-order valence-electron chi connectivity index (χ4n) is 1.86. The number of hydrogen-bond donors (Lipinski definition) is 0. The number of benzene rings is 1. The maximum Gasteiger partial charge on any atom is 0.240 e. The number of ether oxygens (including phenoxy) is 1. The number of hydrogen-bond acceptors (Lipinski definition) is 5. The van der Waals surface area contributed by atoms with Gasteiger partial charge in [-0.15, -0.1) is 0 Å². The molecule has 90 valence electrons. The van der Waals surface area contributed by atoms with Crippen molar-refractivity contribution >= 4 is 11.1 Å². The molecule has 0 unspecified atom stereocenters. The van der Waals surface area contributed by atoms with E-state index in [0.717, 1.165) is 16.7 Å². The van der Waals surface area contributed by atoms with Gasteiger partial charge in [-0.05, 0) is 18.2 Å². The van der Waals surface area contributed by atoms with Gasteiger partial charge in [-0.3, -0.25) is 0 Å². The molecule has 5 heteroatoms. The maximum atomic E-state index is 5.44. The zero-order valence-electron chi connectivity index (χ0n) is 10.0. The lowest BCUT2D eigenvalue weighted by molar-refractivity contribution is 0.398. The Labute approximate surface area is 103 Å². The number of nitrogens with zero attached hydrogens (tertiary/aromatic N) is 3. The Morgan fingerprint density at radius 1 is 1.17 bits per heavy atom. The molecule has 0 bridgehead atoms. The highest BCUT2D eigenvalue weighted by molar-refractivity contribution is 5.80. The van der Waals surface area contributed by atoms with Gasteiger partial charge in [-0.2, -0.15) is 0 Å². The Morgan fingerprint density at radius 3 is 2.83 bits per heavy atom. The second-order valence-corrected chi connectivity index (χ2v) is 3.83. The third-order valence-corrected chi connectivity index (χ3v) is 2.63. The van der Waals surface area contributed by atoms with Gasteiger partial charge in [0.15, 0.2) is 11.5 Å². The summed E-state index contributed by atoms with van der Waals surface area (Å²) < 4.78 is 10.6. The van der Waals surface area contributed by atoms with Crippen LogP contribution in [0, 0.1) is 6.92 Å². The van der Waals surface area contributed by atoms with Crippen LogP contribution < -0.4 is 4.74 Å². The van der Waals surface area contributed by atoms with E-state index in [0.29, 0.717) is 17.5 Å². The molecule has 0 spiro atoms. The summed E-state index contributed by atoms with van der Waals surface area (Å²) in [6.07, 6.45) is 3.23. The lowest BCUT2D eigenvalue weighted by Gasteiger charge is -2.05. The summed E-state index contributed by atoms with van der Waals surface area (Å²) in [6.45, 7) is 1.82. The highest BCUT2D eigenvalue weighted by Gasteiger charge is 2.10. The molecule has 0 saturated carbocycles. The minimum atomic E-state index is 0.497. The van der Waals surface area contributed by atoms with E-state index in [-0.39, 0.29) is 0 Å². The molecule has 0 atom stereocenters. The van der Waals surface area contributed by atoms with E-state index in [2.05, 4.69) is 15.0 Å². The van der Waals surface area contributed by atoms with Gasteiger partial charge in [0.05, 0.1) is 7.11 Å². The predicted octanol–water partition coefficient (Wildman–Crippen LogP) is 2.60. The van der Waals surface area contributed by atoms with Gasteiger partial charge in [0.2, 0.25) is 5.88 Å². The SMILES string of the molecule is COc1nccnc1-c1ccc2oc(C)nc2c1. The molecule has 0 aliphatic heterocycles. The summed E-state index contributed by atoms with van der Waals surface area (Å²) in [4.78, 5) is 12.7. The van der Waals surface area contributed by atoms with Crippen LogP contribution in [0.1, 0.15) is 5.89 Å². The molecule has 3 rings (SSSR count). The van der Waals surface area contributed by atoms with Crippen molar-refractivity contribution in [1.29, 1.82) is 0 Å². The molecule has 0 N–H and O–H groups in total. The molecule has 0 radical (unpaired) electrons. The topological polar surface area (TPSA) is 61.0 Å². The van der Waals surface area contributed by atoms with Crippen molar-refractivity contribution < 1.29 is 9.15 Å². The quantitative estimate of drug-likeness (QED) is 0.690. The van der Waals surface area contributed by atoms with Crippen LogP contribution in [-0.2, 0) is 0 Å². The van der Waals surface area contributed by atoms with E-state index in [9.17, 15) is 0 Å². The molecule has 0 aliphatic carbocycles. The van der Waals surface area contributed by atoms with Gasteiger partial charge >= 0.3 is 0 Å². The third-order valence-electron chi connectivity index (χ3n) is 2.63. The summed E-state index contributed by atoms with van der Waals surface area (Å²) >= 11 is 0. The second-order valence-electron chi connectivity index (χ2n) is 3.83. The van der Waals surface area contributed by atoms with Crippen LogP contribution >= 0.6 is 0 Å². The first-order valence-electron chi connectivity index (χ1n) is 5.50. The van der Waals surface area contributed by atoms with E-state index in [1.807, 2.05) is 25.1 Å². The molecule has 0 amide bonds. The van der Waals surface area contributed by atoms with Gasteiger partial charge < -0.3 is 9.15 Å². The van der Waals surface area contributed by atoms with Gasteiger partial charge in [0, 0.05) is 24.9 Å². The van der Waals surface area contributed by atoms with Crippen molar-refractivity contribution in [2.75, 3.05) is 7.11 Å². The molecule has 3 aromatic rings. The molecule has 5 nitrogen and oxygen atoms in total. The second kappa shape index (κ2) is 4.10. The molecule has 0 saturated heterocycles. The molecular formula is C13H11N3O2. The van der Waals surface area contributed by atoms with Gasteiger partial charge in [0.1, 0.15) is 11.2 Å². The zero-order chi connectivity index (χ0) is 12.5.